The predicted octanol–water partition coefficient (Wildman–Crippen LogP) is 2.83. The fraction of sp³-hybridized carbons (Fsp3) is 0.700. The fourth-order valence-electron chi connectivity index (χ4n) is 1.72. The first kappa shape index (κ1) is 10.2. The minimum absolute atomic E-state index is 0.654. The summed E-state index contributed by atoms with van der Waals surface area (Å²) >= 11 is 7.65. The van der Waals surface area contributed by atoms with Crippen LogP contribution in [0.1, 0.15) is 17.0 Å². The van der Waals surface area contributed by atoms with Crippen molar-refractivity contribution in [1.82, 2.24) is 4.98 Å². The maximum atomic E-state index is 5.85. The molecular weight excluding hydrogens is 216 g/mol. The Morgan fingerprint density at radius 1 is 1.57 bits per heavy atom. The molecule has 1 unspecified atom stereocenters. The molecule has 78 valence electrons. The lowest BCUT2D eigenvalue weighted by molar-refractivity contribution is 0.667. The zero-order valence-corrected chi connectivity index (χ0v) is 10.2. The van der Waals surface area contributed by atoms with Gasteiger partial charge in [0.05, 0.1) is 5.69 Å². The van der Waals surface area contributed by atoms with Crippen LogP contribution in [0.3, 0.4) is 0 Å². The van der Waals surface area contributed by atoms with Gasteiger partial charge in [0, 0.05) is 23.8 Å². The summed E-state index contributed by atoms with van der Waals surface area (Å²) < 4.78 is 0. The van der Waals surface area contributed by atoms with E-state index in [9.17, 15) is 0 Å². The molecule has 1 aliphatic rings. The Morgan fingerprint density at radius 2 is 2.36 bits per heavy atom. The molecule has 0 radical (unpaired) electrons. The molecule has 0 saturated carbocycles. The number of nitrogens with zero attached hydrogens (tertiary/aromatic N) is 2. The van der Waals surface area contributed by atoms with Crippen LogP contribution in [0.15, 0.2) is 0 Å². The van der Waals surface area contributed by atoms with Crippen LogP contribution in [-0.4, -0.2) is 24.0 Å². The summed E-state index contributed by atoms with van der Waals surface area (Å²) in [5.41, 5.74) is 1.17. The quantitative estimate of drug-likeness (QED) is 0.727. The number of anilines is 1. The molecular formula is C10H15ClN2S. The maximum absolute atomic E-state index is 5.85. The second-order valence-electron chi connectivity index (χ2n) is 3.89. The van der Waals surface area contributed by atoms with Gasteiger partial charge in [-0.1, -0.05) is 0 Å². The van der Waals surface area contributed by atoms with Gasteiger partial charge in [-0.05, 0) is 26.2 Å². The highest BCUT2D eigenvalue weighted by atomic mass is 35.5. The maximum Gasteiger partial charge on any atom is 0.185 e. The Labute approximate surface area is 93.9 Å². The molecule has 1 atom stereocenters. The molecule has 1 aromatic rings. The number of thiazole rings is 1. The Morgan fingerprint density at radius 3 is 2.86 bits per heavy atom. The number of hydrogen-bond acceptors (Lipinski definition) is 3. The van der Waals surface area contributed by atoms with E-state index in [2.05, 4.69) is 23.7 Å². The summed E-state index contributed by atoms with van der Waals surface area (Å²) in [6.45, 7) is 6.40. The summed E-state index contributed by atoms with van der Waals surface area (Å²) in [6.07, 6.45) is 1.21. The molecule has 0 aliphatic carbocycles. The van der Waals surface area contributed by atoms with Crippen molar-refractivity contribution in [2.45, 2.75) is 20.3 Å². The monoisotopic (exact) mass is 230 g/mol. The van der Waals surface area contributed by atoms with Crippen molar-refractivity contribution in [3.8, 4) is 0 Å². The molecule has 0 N–H and O–H groups in total. The molecule has 4 heteroatoms. The zero-order chi connectivity index (χ0) is 10.1. The van der Waals surface area contributed by atoms with Gasteiger partial charge >= 0.3 is 0 Å². The molecule has 0 aromatic carbocycles. The van der Waals surface area contributed by atoms with Gasteiger partial charge in [-0.25, -0.2) is 4.98 Å². The largest absolute Gasteiger partial charge is 0.348 e. The summed E-state index contributed by atoms with van der Waals surface area (Å²) in [7, 11) is 0. The Kier molecular flexibility index (Phi) is 2.98. The van der Waals surface area contributed by atoms with Crippen LogP contribution >= 0.6 is 22.9 Å². The van der Waals surface area contributed by atoms with Crippen molar-refractivity contribution in [3.05, 3.63) is 10.6 Å². The van der Waals surface area contributed by atoms with Gasteiger partial charge in [0.15, 0.2) is 5.13 Å². The van der Waals surface area contributed by atoms with Crippen molar-refractivity contribution >= 4 is 28.1 Å². The number of rotatable bonds is 2. The second kappa shape index (κ2) is 4.07. The lowest BCUT2D eigenvalue weighted by Crippen LogP contribution is -2.19. The number of aromatic nitrogens is 1. The van der Waals surface area contributed by atoms with Crippen molar-refractivity contribution < 1.29 is 0 Å². The molecule has 2 nitrogen and oxygen atoms in total. The average Bonchev–Trinajstić information content (AvgIpc) is 2.74. The zero-order valence-electron chi connectivity index (χ0n) is 8.59. The SMILES string of the molecule is Cc1nc(N2CCC(CCl)C2)sc1C. The van der Waals surface area contributed by atoms with E-state index in [0.29, 0.717) is 5.92 Å². The van der Waals surface area contributed by atoms with E-state index >= 15 is 0 Å². The lowest BCUT2D eigenvalue weighted by Gasteiger charge is -2.13. The molecule has 0 amide bonds. The first-order valence-electron chi connectivity index (χ1n) is 4.95. The smallest absolute Gasteiger partial charge is 0.185 e. The summed E-state index contributed by atoms with van der Waals surface area (Å²) in [4.78, 5) is 8.25. The van der Waals surface area contributed by atoms with Gasteiger partial charge < -0.3 is 4.90 Å². The molecule has 1 fully saturated rings. The Hall–Kier alpha value is -0.280. The normalized spacial score (nSPS) is 21.9. The molecule has 1 aliphatic heterocycles. The van der Waals surface area contributed by atoms with Gasteiger partial charge in [-0.3, -0.25) is 0 Å². The number of hydrogen-bond donors (Lipinski definition) is 0. The highest BCUT2D eigenvalue weighted by molar-refractivity contribution is 7.15. The molecule has 14 heavy (non-hydrogen) atoms. The van der Waals surface area contributed by atoms with Gasteiger partial charge in [0.2, 0.25) is 0 Å². The van der Waals surface area contributed by atoms with Crippen LogP contribution in [0, 0.1) is 19.8 Å². The minimum Gasteiger partial charge on any atom is -0.348 e. The first-order chi connectivity index (χ1) is 6.70. The topological polar surface area (TPSA) is 16.1 Å². The summed E-state index contributed by atoms with van der Waals surface area (Å²) in [5, 5.41) is 1.17. The van der Waals surface area contributed by atoms with Crippen LogP contribution < -0.4 is 4.90 Å². The Bertz CT molecular complexity index is 304. The van der Waals surface area contributed by atoms with Crippen LogP contribution in [-0.2, 0) is 0 Å². The first-order valence-corrected chi connectivity index (χ1v) is 6.30. The summed E-state index contributed by atoms with van der Waals surface area (Å²) in [5.74, 6) is 1.43. The van der Waals surface area contributed by atoms with E-state index in [4.69, 9.17) is 11.6 Å². The molecule has 2 rings (SSSR count). The fourth-order valence-corrected chi connectivity index (χ4v) is 2.92. The van der Waals surface area contributed by atoms with Gasteiger partial charge in [-0.15, -0.1) is 22.9 Å². The second-order valence-corrected chi connectivity index (χ2v) is 5.38. The molecule has 0 spiro atoms. The highest BCUT2D eigenvalue weighted by Gasteiger charge is 2.23. The predicted molar refractivity (Wildman–Crippen MR) is 62.6 cm³/mol. The minimum atomic E-state index is 0.654. The third-order valence-corrected chi connectivity index (χ3v) is 4.36. The van der Waals surface area contributed by atoms with E-state index in [1.807, 2.05) is 0 Å². The third kappa shape index (κ3) is 1.89. The molecule has 2 heterocycles. The third-order valence-electron chi connectivity index (χ3n) is 2.79. The number of alkyl halides is 1. The van der Waals surface area contributed by atoms with E-state index in [-0.39, 0.29) is 0 Å². The van der Waals surface area contributed by atoms with Crippen molar-refractivity contribution in [1.29, 1.82) is 0 Å². The van der Waals surface area contributed by atoms with Crippen molar-refractivity contribution in [2.24, 2.45) is 5.92 Å². The van der Waals surface area contributed by atoms with Gasteiger partial charge in [0.25, 0.3) is 0 Å². The standard InChI is InChI=1S/C10H15ClN2S/c1-7-8(2)14-10(12-7)13-4-3-9(5-11)6-13/h9H,3-6H2,1-2H3. The molecule has 1 aromatic heterocycles. The van der Waals surface area contributed by atoms with Crippen LogP contribution in [0.5, 0.6) is 0 Å². The van der Waals surface area contributed by atoms with E-state index < -0.39 is 0 Å². The number of halogens is 1. The van der Waals surface area contributed by atoms with Crippen LogP contribution in [0.25, 0.3) is 0 Å². The van der Waals surface area contributed by atoms with Crippen molar-refractivity contribution in [3.63, 3.8) is 0 Å². The van der Waals surface area contributed by atoms with E-state index in [1.165, 1.54) is 22.1 Å². The molecule has 0 bridgehead atoms. The van der Waals surface area contributed by atoms with Crippen LogP contribution in [0.4, 0.5) is 5.13 Å². The Balaban J connectivity index is 2.09. The van der Waals surface area contributed by atoms with Crippen LogP contribution in [0.2, 0.25) is 0 Å². The highest BCUT2D eigenvalue weighted by Crippen LogP contribution is 2.29. The number of aryl methyl sites for hydroxylation is 2. The van der Waals surface area contributed by atoms with Gasteiger partial charge in [0.1, 0.15) is 0 Å². The van der Waals surface area contributed by atoms with E-state index in [0.717, 1.165) is 19.0 Å². The van der Waals surface area contributed by atoms with Gasteiger partial charge in [-0.2, -0.15) is 0 Å². The van der Waals surface area contributed by atoms with E-state index in [1.54, 1.807) is 11.3 Å². The lowest BCUT2D eigenvalue weighted by atomic mass is 10.2. The van der Waals surface area contributed by atoms with Crippen molar-refractivity contribution in [2.75, 3.05) is 23.9 Å². The molecule has 1 saturated heterocycles. The summed E-state index contributed by atoms with van der Waals surface area (Å²) in [6, 6.07) is 0. The average molecular weight is 231 g/mol.